The Kier molecular flexibility index (Phi) is 29.6. The van der Waals surface area contributed by atoms with Gasteiger partial charge in [-0.15, -0.1) is 5.06 Å². The van der Waals surface area contributed by atoms with Crippen molar-refractivity contribution in [3.63, 3.8) is 0 Å². The number of carbonyl (C=O) groups excluding carboxylic acids is 6. The number of phosphoric ester groups is 1. The average Bonchev–Trinajstić information content (AvgIpc) is 0.850. The lowest BCUT2D eigenvalue weighted by atomic mass is 9.92. The summed E-state index contributed by atoms with van der Waals surface area (Å²) in [6, 6.07) is -3.86. The molecule has 0 aromatic rings. The Morgan fingerprint density at radius 3 is 1.47 bits per heavy atom. The van der Waals surface area contributed by atoms with Crippen molar-refractivity contribution in [2.75, 3.05) is 53.0 Å². The second kappa shape index (κ2) is 35.2. The minimum atomic E-state index is -5.38. The van der Waals surface area contributed by atoms with Gasteiger partial charge in [0.15, 0.2) is 31.5 Å². The zero-order chi connectivity index (χ0) is 70.0. The van der Waals surface area contributed by atoms with Crippen LogP contribution < -0.4 is 16.0 Å². The number of rotatable bonds is 31. The van der Waals surface area contributed by atoms with E-state index >= 15 is 0 Å². The van der Waals surface area contributed by atoms with Crippen molar-refractivity contribution >= 4 is 43.3 Å². The summed E-state index contributed by atoms with van der Waals surface area (Å²) in [6.07, 6.45) is -58.3. The van der Waals surface area contributed by atoms with E-state index in [-0.39, 0.29) is 17.9 Å². The second-order valence-electron chi connectivity index (χ2n) is 22.6. The molecule has 31 atom stereocenters. The van der Waals surface area contributed by atoms with Gasteiger partial charge in [-0.3, -0.25) is 33.0 Å². The molecule has 6 aliphatic heterocycles. The number of amides is 5. The standard InChI is InChI=1S/C50H83N4O39P/c1-15(7-55)30(68)45(31(69)18(63)13-81-94(79,80)82-14-51-24(64)6-27(67)93-54-25(65)4-5-26(54)66)92-47-29(53-17(3)62)44(91-49-39(77)36(74)33(71)20(9-57)85-49)42(23(12-60)86-47)89-50-40(78)37(75)41(22(11-59)87-50)88-46-28(52-16(2)61)43(34(72)21(10-58)83-46)90-48-38(76)35(73)32(70)19(8-56)84-48/h15,18-23,28-50,55-60,63,68-78H,4-14H2,1-3H3,(H,51,64)(H,52,61)(H,53,62)(H,79,80)/t15?,18-,19?,20?,21?,22?,23?,28?,29?,30-,31+,32-,33-,34+,35+,36+,37?,38?,39?,40+,41-,42+,43-,44-,45?,46+,47+,48+,49+,50-/m1/s1. The van der Waals surface area contributed by atoms with Gasteiger partial charge in [-0.2, -0.15) is 0 Å². The van der Waals surface area contributed by atoms with Crippen LogP contribution in [0.25, 0.3) is 0 Å². The van der Waals surface area contributed by atoms with E-state index in [1.54, 1.807) is 0 Å². The molecule has 0 saturated carbocycles. The lowest BCUT2D eigenvalue weighted by Crippen LogP contribution is -2.71. The fraction of sp³-hybridized carbons (Fsp3) is 0.880. The molecule has 44 heteroatoms. The summed E-state index contributed by atoms with van der Waals surface area (Å²) >= 11 is 0. The van der Waals surface area contributed by atoms with E-state index in [2.05, 4.69) is 20.0 Å². The molecule has 22 N–H and O–H groups in total. The molecular formula is C50H83N4O39P. The van der Waals surface area contributed by atoms with Crippen LogP contribution >= 0.6 is 7.82 Å². The molecule has 6 saturated heterocycles. The fourth-order valence-corrected chi connectivity index (χ4v) is 11.2. The third-order valence-electron chi connectivity index (χ3n) is 15.7. The van der Waals surface area contributed by atoms with Crippen molar-refractivity contribution in [2.24, 2.45) is 5.92 Å². The third-order valence-corrected chi connectivity index (χ3v) is 16.7. The molecule has 6 heterocycles. The molecule has 0 aromatic carbocycles. The summed E-state index contributed by atoms with van der Waals surface area (Å²) in [7, 11) is -5.38. The van der Waals surface area contributed by atoms with E-state index in [9.17, 15) is 130 Å². The largest absolute Gasteiger partial charge is 0.474 e. The number of hydrogen-bond acceptors (Lipinski definition) is 38. The molecule has 6 rings (SSSR count). The smallest absolute Gasteiger partial charge is 0.396 e. The summed E-state index contributed by atoms with van der Waals surface area (Å²) in [5, 5.41) is 203. The summed E-state index contributed by atoms with van der Waals surface area (Å²) in [6.45, 7) is -5.91. The molecule has 6 fully saturated rings. The SMILES string of the molecule is CC(=O)NC1[C@H](O[C@@H]2C(CO)O[C@H](O[C@H]3C(CO)O[C@@H](OC([C@H](O)C(C)CO)[C@@H](O)[C@H](O)COP(=O)(O)OCNC(=O)CC(=O)ON4C(=O)CCC4=O)C(NC(C)=O)[C@H]3O[C@@H]3OC(CO)[C@@H](O)[C@H](O)C3O)[C@@H](O)C2O)OC(CO)[C@H](O)[C@@H]1O[C@@H]1OC(CO)[C@@H](O)[C@H](O)C1O. The lowest BCUT2D eigenvalue weighted by Gasteiger charge is -2.51. The molecule has 0 aromatic heterocycles. The van der Waals surface area contributed by atoms with Gasteiger partial charge in [-0.05, 0) is 0 Å². The van der Waals surface area contributed by atoms with Crippen LogP contribution in [-0.2, 0) is 94.6 Å². The van der Waals surface area contributed by atoms with E-state index in [1.165, 1.54) is 6.92 Å². The van der Waals surface area contributed by atoms with Gasteiger partial charge in [0.25, 0.3) is 11.8 Å². The normalized spacial score (nSPS) is 39.6. The molecule has 0 aliphatic carbocycles. The van der Waals surface area contributed by atoms with E-state index in [4.69, 9.17) is 51.9 Å². The van der Waals surface area contributed by atoms with Gasteiger partial charge in [-0.25, -0.2) is 9.36 Å². The van der Waals surface area contributed by atoms with Gasteiger partial charge in [0.2, 0.25) is 17.7 Å². The Morgan fingerprint density at radius 1 is 0.543 bits per heavy atom. The van der Waals surface area contributed by atoms with Crippen molar-refractivity contribution < 1.29 is 191 Å². The maximum absolute atomic E-state index is 13.2. The zero-order valence-electron chi connectivity index (χ0n) is 50.2. The van der Waals surface area contributed by atoms with Gasteiger partial charge in [0.05, 0.1) is 45.7 Å². The van der Waals surface area contributed by atoms with Crippen LogP contribution in [0.4, 0.5) is 0 Å². The molecule has 5 amide bonds. The maximum Gasteiger partial charge on any atom is 0.474 e. The molecule has 0 radical (unpaired) electrons. The number of aliphatic hydroxyl groups excluding tert-OH is 18. The molecule has 542 valence electrons. The highest BCUT2D eigenvalue weighted by Gasteiger charge is 2.59. The average molecular weight is 1400 g/mol. The number of ether oxygens (including phenoxy) is 10. The number of hydroxylamine groups is 2. The lowest BCUT2D eigenvalue weighted by molar-refractivity contribution is -0.389. The fourth-order valence-electron chi connectivity index (χ4n) is 10.6. The molecule has 0 bridgehead atoms. The zero-order valence-corrected chi connectivity index (χ0v) is 51.0. The Hall–Kier alpha value is -3.99. The van der Waals surface area contributed by atoms with Crippen molar-refractivity contribution in [1.82, 2.24) is 21.0 Å². The van der Waals surface area contributed by atoms with E-state index < -0.39 is 286 Å². The first kappa shape index (κ1) is 79.0. The van der Waals surface area contributed by atoms with E-state index in [0.29, 0.717) is 0 Å². The van der Waals surface area contributed by atoms with E-state index in [0.717, 1.165) is 13.8 Å². The van der Waals surface area contributed by atoms with Crippen molar-refractivity contribution in [2.45, 2.75) is 218 Å². The van der Waals surface area contributed by atoms with Crippen molar-refractivity contribution in [3.8, 4) is 0 Å². The number of nitrogens with one attached hydrogen (secondary N) is 3. The first-order valence-electron chi connectivity index (χ1n) is 29.1. The Bertz CT molecular complexity index is 2520. The van der Waals surface area contributed by atoms with Gasteiger partial charge in [0, 0.05) is 39.2 Å². The second-order valence-corrected chi connectivity index (χ2v) is 24.0. The molecule has 94 heavy (non-hydrogen) atoms. The number of carbonyl (C=O) groups is 6. The van der Waals surface area contributed by atoms with Crippen LogP contribution in [0.2, 0.25) is 0 Å². The van der Waals surface area contributed by atoms with Gasteiger partial charge in [-0.1, -0.05) is 6.92 Å². The number of aliphatic hydroxyl groups is 18. The molecule has 13 unspecified atom stereocenters. The third kappa shape index (κ3) is 19.3. The summed E-state index contributed by atoms with van der Waals surface area (Å²) in [4.78, 5) is 88.6. The van der Waals surface area contributed by atoms with Crippen LogP contribution in [0, 0.1) is 5.92 Å². The van der Waals surface area contributed by atoms with Gasteiger partial charge in [0.1, 0.15) is 153 Å². The first-order valence-corrected chi connectivity index (χ1v) is 30.6. The summed E-state index contributed by atoms with van der Waals surface area (Å²) in [5.41, 5.74) is 0. The summed E-state index contributed by atoms with van der Waals surface area (Å²) < 4.78 is 81.1. The van der Waals surface area contributed by atoms with Crippen molar-refractivity contribution in [3.05, 3.63) is 0 Å². The number of imide groups is 1. The Morgan fingerprint density at radius 2 is 0.968 bits per heavy atom. The van der Waals surface area contributed by atoms with Gasteiger partial charge < -0.3 is 165 Å². The van der Waals surface area contributed by atoms with Crippen LogP contribution in [0.1, 0.15) is 40.0 Å². The predicted molar refractivity (Wildman–Crippen MR) is 288 cm³/mol. The molecule has 0 spiro atoms. The minimum Gasteiger partial charge on any atom is -0.396 e. The summed E-state index contributed by atoms with van der Waals surface area (Å²) in [5.74, 6) is -7.57. The highest BCUT2D eigenvalue weighted by molar-refractivity contribution is 7.47. The highest BCUT2D eigenvalue weighted by Crippen LogP contribution is 2.43. The number of nitrogens with zero attached hydrogens (tertiary/aromatic N) is 1. The topological polar surface area (TPSA) is 663 Å². The quantitative estimate of drug-likeness (QED) is 0.0133. The Balaban J connectivity index is 1.26. The van der Waals surface area contributed by atoms with Crippen LogP contribution in [-0.4, -0.2) is 368 Å². The van der Waals surface area contributed by atoms with Crippen LogP contribution in [0.5, 0.6) is 0 Å². The number of hydrogen-bond donors (Lipinski definition) is 22. The maximum atomic E-state index is 13.2. The molecule has 43 nitrogen and oxygen atoms in total. The van der Waals surface area contributed by atoms with Crippen molar-refractivity contribution in [1.29, 1.82) is 0 Å². The van der Waals surface area contributed by atoms with Crippen LogP contribution in [0.3, 0.4) is 0 Å². The number of phosphoric acid groups is 1. The first-order chi connectivity index (χ1) is 44.3. The molecular weight excluding hydrogens is 1310 g/mol. The van der Waals surface area contributed by atoms with E-state index in [1.807, 2.05) is 5.32 Å². The minimum absolute atomic E-state index is 0.156. The predicted octanol–water partition coefficient (Wildman–Crippen LogP) is -14.3. The van der Waals surface area contributed by atoms with Crippen LogP contribution in [0.15, 0.2) is 0 Å². The van der Waals surface area contributed by atoms with Gasteiger partial charge >= 0.3 is 13.8 Å². The molecule has 6 aliphatic rings. The highest BCUT2D eigenvalue weighted by atomic mass is 31.2. The monoisotopic (exact) mass is 1390 g/mol. The Labute approximate surface area is 531 Å².